The van der Waals surface area contributed by atoms with E-state index < -0.39 is 18.3 Å². The smallest absolute Gasteiger partial charge is 0.244 e. The number of alkyl halides is 2. The molecule has 0 unspecified atom stereocenters. The summed E-state index contributed by atoms with van der Waals surface area (Å²) in [4.78, 5) is 12.6. The second-order valence-electron chi connectivity index (χ2n) is 6.05. The number of carbonyl (C=O) groups is 1. The molecule has 2 heterocycles. The fourth-order valence-corrected chi connectivity index (χ4v) is 3.38. The highest BCUT2D eigenvalue weighted by Crippen LogP contribution is 2.44. The maximum absolute atomic E-state index is 13.4. The van der Waals surface area contributed by atoms with E-state index in [2.05, 4.69) is 0 Å². The van der Waals surface area contributed by atoms with Gasteiger partial charge in [-0.15, -0.1) is 0 Å². The average Bonchev–Trinajstić information content (AvgIpc) is 2.89. The van der Waals surface area contributed by atoms with Crippen molar-refractivity contribution in [3.8, 4) is 0 Å². The highest BCUT2D eigenvalue weighted by Gasteiger charge is 2.53. The summed E-state index contributed by atoms with van der Waals surface area (Å²) in [5.74, 6) is -0.637. The van der Waals surface area contributed by atoms with Gasteiger partial charge in [0.15, 0.2) is 0 Å². The van der Waals surface area contributed by atoms with Crippen molar-refractivity contribution >= 4 is 5.91 Å². The first-order chi connectivity index (χ1) is 9.90. The highest BCUT2D eigenvalue weighted by atomic mass is 19.3. The van der Waals surface area contributed by atoms with Crippen LogP contribution in [-0.2, 0) is 4.79 Å². The fraction of sp³-hybridized carbons (Fsp3) is 0.533. The molecule has 2 fully saturated rings. The highest BCUT2D eigenvalue weighted by molar-refractivity contribution is 5.85. The minimum Gasteiger partial charge on any atom is -0.273 e. The van der Waals surface area contributed by atoms with Gasteiger partial charge in [-0.25, -0.2) is 18.2 Å². The maximum atomic E-state index is 13.4. The van der Waals surface area contributed by atoms with E-state index >= 15 is 0 Å². The van der Waals surface area contributed by atoms with Crippen molar-refractivity contribution in [2.75, 3.05) is 13.1 Å². The van der Waals surface area contributed by atoms with Gasteiger partial charge in [-0.1, -0.05) is 12.1 Å². The summed E-state index contributed by atoms with van der Waals surface area (Å²) in [5, 5.41) is 3.37. The lowest BCUT2D eigenvalue weighted by Crippen LogP contribution is -2.36. The van der Waals surface area contributed by atoms with Crippen LogP contribution in [-0.4, -0.2) is 35.4 Å². The second-order valence-corrected chi connectivity index (χ2v) is 6.05. The lowest BCUT2D eigenvalue weighted by atomic mass is 9.86. The molecule has 0 aliphatic carbocycles. The summed E-state index contributed by atoms with van der Waals surface area (Å²) in [5.41, 5.74) is -0.340. The normalized spacial score (nSPS) is 29.5. The van der Waals surface area contributed by atoms with Crippen LogP contribution in [0.3, 0.4) is 0 Å². The number of fused-ring (bicyclic) bond motifs is 1. The molecule has 2 saturated heterocycles. The van der Waals surface area contributed by atoms with E-state index in [1.165, 1.54) is 12.1 Å². The molecule has 3 nitrogen and oxygen atoms in total. The molecular formula is C15H17F3N2O. The van der Waals surface area contributed by atoms with Gasteiger partial charge in [0.1, 0.15) is 5.82 Å². The average molecular weight is 298 g/mol. The van der Waals surface area contributed by atoms with Crippen molar-refractivity contribution in [3.63, 3.8) is 0 Å². The SMILES string of the molecule is C[C@@]1(CC(F)F)CN2CC[C@@H](c3cccc(F)c3)N2C1=O. The standard InChI is InChI=1S/C15H17F3N2O/c1-15(8-13(17)18)9-19-6-5-12(20(19)14(15)21)10-3-2-4-11(16)7-10/h2-4,7,12-13H,5-6,8-9H2,1H3/t12-,15+/m0/s1. The first kappa shape index (κ1) is 14.4. The third-order valence-corrected chi connectivity index (χ3v) is 4.35. The number of hydrogen-bond donors (Lipinski definition) is 0. The van der Waals surface area contributed by atoms with Gasteiger partial charge in [0.2, 0.25) is 12.3 Å². The Hall–Kier alpha value is -1.56. The number of halogens is 3. The predicted octanol–water partition coefficient (Wildman–Crippen LogP) is 2.99. The Bertz CT molecular complexity index is 566. The molecule has 1 aromatic carbocycles. The Labute approximate surface area is 121 Å². The molecule has 2 aliphatic heterocycles. The molecule has 21 heavy (non-hydrogen) atoms. The van der Waals surface area contributed by atoms with Crippen molar-refractivity contribution in [3.05, 3.63) is 35.6 Å². The largest absolute Gasteiger partial charge is 0.273 e. The molecule has 2 aliphatic rings. The van der Waals surface area contributed by atoms with Gasteiger partial charge in [-0.05, 0) is 31.0 Å². The topological polar surface area (TPSA) is 23.6 Å². The Balaban J connectivity index is 1.87. The Morgan fingerprint density at radius 2 is 2.19 bits per heavy atom. The van der Waals surface area contributed by atoms with Gasteiger partial charge in [-0.3, -0.25) is 9.80 Å². The summed E-state index contributed by atoms with van der Waals surface area (Å²) in [6.07, 6.45) is -2.25. The maximum Gasteiger partial charge on any atom is 0.244 e. The number of hydrogen-bond acceptors (Lipinski definition) is 2. The molecule has 0 saturated carbocycles. The monoisotopic (exact) mass is 298 g/mol. The third-order valence-electron chi connectivity index (χ3n) is 4.35. The van der Waals surface area contributed by atoms with Crippen molar-refractivity contribution in [2.24, 2.45) is 5.41 Å². The van der Waals surface area contributed by atoms with Crippen LogP contribution in [0.15, 0.2) is 24.3 Å². The number of hydrazine groups is 1. The minimum atomic E-state index is -2.51. The quantitative estimate of drug-likeness (QED) is 0.856. The number of rotatable bonds is 3. The summed E-state index contributed by atoms with van der Waals surface area (Å²) in [6, 6.07) is 5.87. The summed E-state index contributed by atoms with van der Waals surface area (Å²) in [7, 11) is 0. The van der Waals surface area contributed by atoms with E-state index in [-0.39, 0.29) is 17.8 Å². The van der Waals surface area contributed by atoms with Crippen molar-refractivity contribution < 1.29 is 18.0 Å². The molecule has 2 atom stereocenters. The molecular weight excluding hydrogens is 281 g/mol. The number of nitrogens with zero attached hydrogens (tertiary/aromatic N) is 2. The zero-order valence-electron chi connectivity index (χ0n) is 11.7. The molecule has 0 radical (unpaired) electrons. The Morgan fingerprint density at radius 1 is 1.43 bits per heavy atom. The van der Waals surface area contributed by atoms with Gasteiger partial charge < -0.3 is 0 Å². The summed E-state index contributed by atoms with van der Waals surface area (Å²) in [6.45, 7) is 2.52. The van der Waals surface area contributed by atoms with Crippen molar-refractivity contribution in [2.45, 2.75) is 32.2 Å². The molecule has 114 valence electrons. The molecule has 0 aromatic heterocycles. The number of carbonyl (C=O) groups excluding carboxylic acids is 1. The second kappa shape index (κ2) is 5.02. The van der Waals surface area contributed by atoms with Crippen molar-refractivity contribution in [1.82, 2.24) is 10.0 Å². The van der Waals surface area contributed by atoms with Gasteiger partial charge in [0.05, 0.1) is 11.5 Å². The van der Waals surface area contributed by atoms with E-state index in [4.69, 9.17) is 0 Å². The van der Waals surface area contributed by atoms with Gasteiger partial charge in [0, 0.05) is 19.5 Å². The van der Waals surface area contributed by atoms with Crippen LogP contribution in [0.1, 0.15) is 31.4 Å². The molecule has 0 spiro atoms. The lowest BCUT2D eigenvalue weighted by molar-refractivity contribution is -0.143. The van der Waals surface area contributed by atoms with Crippen LogP contribution in [0, 0.1) is 11.2 Å². The zero-order chi connectivity index (χ0) is 15.2. The van der Waals surface area contributed by atoms with E-state index in [9.17, 15) is 18.0 Å². The van der Waals surface area contributed by atoms with Crippen LogP contribution < -0.4 is 0 Å². The van der Waals surface area contributed by atoms with Gasteiger partial charge >= 0.3 is 0 Å². The summed E-state index contributed by atoms with van der Waals surface area (Å²) < 4.78 is 38.8. The van der Waals surface area contributed by atoms with Gasteiger partial charge in [-0.2, -0.15) is 0 Å². The lowest BCUT2D eigenvalue weighted by Gasteiger charge is -2.26. The Kier molecular flexibility index (Phi) is 3.43. The minimum absolute atomic E-state index is 0.257. The van der Waals surface area contributed by atoms with Crippen LogP contribution in [0.4, 0.5) is 13.2 Å². The van der Waals surface area contributed by atoms with E-state index in [0.717, 1.165) is 0 Å². The zero-order valence-corrected chi connectivity index (χ0v) is 11.7. The van der Waals surface area contributed by atoms with Crippen molar-refractivity contribution in [1.29, 1.82) is 0 Å². The summed E-state index contributed by atoms with van der Waals surface area (Å²) >= 11 is 0. The van der Waals surface area contributed by atoms with Crippen LogP contribution >= 0.6 is 0 Å². The number of amides is 1. The molecule has 0 N–H and O–H groups in total. The fourth-order valence-electron chi connectivity index (χ4n) is 3.38. The van der Waals surface area contributed by atoms with Gasteiger partial charge in [0.25, 0.3) is 0 Å². The molecule has 3 rings (SSSR count). The first-order valence-electron chi connectivity index (χ1n) is 7.03. The third kappa shape index (κ3) is 2.41. The van der Waals surface area contributed by atoms with Crippen LogP contribution in [0.5, 0.6) is 0 Å². The first-order valence-corrected chi connectivity index (χ1v) is 7.03. The van der Waals surface area contributed by atoms with E-state index in [1.807, 2.05) is 5.01 Å². The molecule has 0 bridgehead atoms. The van der Waals surface area contributed by atoms with Crippen LogP contribution in [0.2, 0.25) is 0 Å². The Morgan fingerprint density at radius 3 is 2.86 bits per heavy atom. The van der Waals surface area contributed by atoms with Crippen LogP contribution in [0.25, 0.3) is 0 Å². The van der Waals surface area contributed by atoms with E-state index in [0.29, 0.717) is 25.1 Å². The molecule has 6 heteroatoms. The molecule has 1 amide bonds. The predicted molar refractivity (Wildman–Crippen MR) is 70.9 cm³/mol. The molecule has 1 aromatic rings. The van der Waals surface area contributed by atoms with E-state index in [1.54, 1.807) is 24.1 Å². The number of benzene rings is 1.